The van der Waals surface area contributed by atoms with Crippen LogP contribution in [0, 0.1) is 0 Å². The van der Waals surface area contributed by atoms with Crippen LogP contribution in [0.2, 0.25) is 5.02 Å². The molecule has 0 bridgehead atoms. The van der Waals surface area contributed by atoms with Crippen molar-refractivity contribution in [2.45, 2.75) is 32.1 Å². The number of nitrogens with one attached hydrogen (secondary N) is 2. The Morgan fingerprint density at radius 1 is 1.29 bits per heavy atom. The number of hydrogen-bond acceptors (Lipinski definition) is 3. The number of carboxylic acid groups (broad SMARTS) is 1. The predicted molar refractivity (Wildman–Crippen MR) is 78.5 cm³/mol. The third-order valence-corrected chi connectivity index (χ3v) is 3.45. The van der Waals surface area contributed by atoms with E-state index in [4.69, 9.17) is 16.7 Å². The highest BCUT2D eigenvalue weighted by Crippen LogP contribution is 2.32. The summed E-state index contributed by atoms with van der Waals surface area (Å²) in [6, 6.07) is 3.30. The summed E-state index contributed by atoms with van der Waals surface area (Å²) in [6.07, 6.45) is 1.52. The molecule has 0 atom stereocenters. The normalized spacial score (nSPS) is 12.7. The van der Waals surface area contributed by atoms with Crippen molar-refractivity contribution in [1.29, 1.82) is 0 Å². The van der Waals surface area contributed by atoms with E-state index in [2.05, 4.69) is 10.6 Å². The average molecular weight is 311 g/mol. The van der Waals surface area contributed by atoms with Crippen molar-refractivity contribution in [1.82, 2.24) is 0 Å². The molecule has 0 fully saturated rings. The molecule has 3 N–H and O–H groups in total. The summed E-state index contributed by atoms with van der Waals surface area (Å²) in [6.45, 7) is 0. The zero-order chi connectivity index (χ0) is 15.4. The van der Waals surface area contributed by atoms with E-state index in [-0.39, 0.29) is 31.1 Å². The lowest BCUT2D eigenvalue weighted by molar-refractivity contribution is -0.137. The second-order valence-corrected chi connectivity index (χ2v) is 5.27. The van der Waals surface area contributed by atoms with Crippen LogP contribution in [0.4, 0.5) is 11.4 Å². The number of benzene rings is 1. The molecule has 1 aromatic rings. The zero-order valence-corrected chi connectivity index (χ0v) is 12.0. The second kappa shape index (κ2) is 6.58. The highest BCUT2D eigenvalue weighted by atomic mass is 35.5. The fourth-order valence-corrected chi connectivity index (χ4v) is 2.33. The van der Waals surface area contributed by atoms with Gasteiger partial charge in [-0.15, -0.1) is 0 Å². The molecule has 7 heteroatoms. The zero-order valence-electron chi connectivity index (χ0n) is 11.2. The van der Waals surface area contributed by atoms with Crippen LogP contribution in [0.25, 0.3) is 0 Å². The van der Waals surface area contributed by atoms with E-state index in [9.17, 15) is 14.4 Å². The van der Waals surface area contributed by atoms with Crippen LogP contribution < -0.4 is 10.6 Å². The van der Waals surface area contributed by atoms with Crippen LogP contribution in [-0.2, 0) is 20.8 Å². The maximum Gasteiger partial charge on any atom is 0.303 e. The first-order chi connectivity index (χ1) is 9.95. The van der Waals surface area contributed by atoms with Gasteiger partial charge in [-0.2, -0.15) is 0 Å². The van der Waals surface area contributed by atoms with E-state index in [0.717, 1.165) is 5.56 Å². The Morgan fingerprint density at radius 2 is 2.00 bits per heavy atom. The topological polar surface area (TPSA) is 95.5 Å². The highest BCUT2D eigenvalue weighted by molar-refractivity contribution is 6.34. The lowest BCUT2D eigenvalue weighted by Crippen LogP contribution is -2.12. The molecule has 2 amide bonds. The predicted octanol–water partition coefficient (Wildman–Crippen LogP) is 2.42. The molecule has 6 nitrogen and oxygen atoms in total. The van der Waals surface area contributed by atoms with Gasteiger partial charge in [0.05, 0.1) is 17.1 Å². The molecule has 112 valence electrons. The molecule has 21 heavy (non-hydrogen) atoms. The van der Waals surface area contributed by atoms with Crippen LogP contribution in [0.3, 0.4) is 0 Å². The molecular weight excluding hydrogens is 296 g/mol. The molecule has 1 aliphatic rings. The van der Waals surface area contributed by atoms with Crippen molar-refractivity contribution in [3.05, 3.63) is 22.7 Å². The Kier molecular flexibility index (Phi) is 4.80. The summed E-state index contributed by atoms with van der Waals surface area (Å²) in [5.74, 6) is -1.19. The number of unbranched alkanes of at least 4 members (excludes halogenated alkanes) is 1. The first kappa shape index (κ1) is 15.3. The minimum Gasteiger partial charge on any atom is -0.481 e. The number of rotatable bonds is 6. The van der Waals surface area contributed by atoms with E-state index in [1.807, 2.05) is 0 Å². The van der Waals surface area contributed by atoms with Gasteiger partial charge in [0.25, 0.3) is 0 Å². The Hall–Kier alpha value is -2.08. The summed E-state index contributed by atoms with van der Waals surface area (Å²) in [5.41, 5.74) is 1.94. The molecule has 0 aliphatic carbocycles. The van der Waals surface area contributed by atoms with Crippen LogP contribution >= 0.6 is 11.6 Å². The first-order valence-electron chi connectivity index (χ1n) is 6.59. The molecule has 2 rings (SSSR count). The number of carbonyl (C=O) groups excluding carboxylic acids is 2. The molecule has 0 unspecified atom stereocenters. The Bertz CT molecular complexity index is 601. The molecule has 0 radical (unpaired) electrons. The monoisotopic (exact) mass is 310 g/mol. The maximum atomic E-state index is 11.8. The number of carboxylic acids is 1. The highest BCUT2D eigenvalue weighted by Gasteiger charge is 2.20. The Balaban J connectivity index is 1.91. The van der Waals surface area contributed by atoms with Crippen molar-refractivity contribution < 1.29 is 19.5 Å². The van der Waals surface area contributed by atoms with Crippen molar-refractivity contribution >= 4 is 40.8 Å². The number of amides is 2. The largest absolute Gasteiger partial charge is 0.481 e. The second-order valence-electron chi connectivity index (χ2n) is 4.86. The molecule has 1 aliphatic heterocycles. The standard InChI is InChI=1S/C14H15ClN2O4/c15-9-7-10-8(6-13(19)16-10)5-11(9)17-12(18)3-1-2-4-14(20)21/h5,7H,1-4,6H2,(H,16,19)(H,17,18)(H,20,21). The molecule has 0 aromatic heterocycles. The van der Waals surface area contributed by atoms with Crippen LogP contribution in [0.5, 0.6) is 0 Å². The number of hydrogen-bond donors (Lipinski definition) is 3. The average Bonchev–Trinajstić information content (AvgIpc) is 2.74. The van der Waals surface area contributed by atoms with E-state index in [1.54, 1.807) is 12.1 Å². The van der Waals surface area contributed by atoms with Crippen LogP contribution in [0.1, 0.15) is 31.2 Å². The van der Waals surface area contributed by atoms with Crippen molar-refractivity contribution in [3.8, 4) is 0 Å². The van der Waals surface area contributed by atoms with E-state index in [1.165, 1.54) is 0 Å². The summed E-state index contributed by atoms with van der Waals surface area (Å²) in [5, 5.41) is 14.2. The van der Waals surface area contributed by atoms with Gasteiger partial charge < -0.3 is 15.7 Å². The van der Waals surface area contributed by atoms with Crippen molar-refractivity contribution in [2.24, 2.45) is 0 Å². The molecule has 0 saturated heterocycles. The van der Waals surface area contributed by atoms with E-state index >= 15 is 0 Å². The number of anilines is 2. The number of aliphatic carboxylic acids is 1. The quantitative estimate of drug-likeness (QED) is 0.703. The van der Waals surface area contributed by atoms with Crippen LogP contribution in [0.15, 0.2) is 12.1 Å². The molecule has 1 heterocycles. The maximum absolute atomic E-state index is 11.8. The molecule has 1 aromatic carbocycles. The summed E-state index contributed by atoms with van der Waals surface area (Å²) in [4.78, 5) is 33.4. The fourth-order valence-electron chi connectivity index (χ4n) is 2.12. The van der Waals surface area contributed by atoms with Gasteiger partial charge in [0.2, 0.25) is 11.8 Å². The van der Waals surface area contributed by atoms with Crippen molar-refractivity contribution in [2.75, 3.05) is 10.6 Å². The third-order valence-electron chi connectivity index (χ3n) is 3.14. The Morgan fingerprint density at radius 3 is 2.71 bits per heavy atom. The molecule has 0 spiro atoms. The SMILES string of the molecule is O=C(O)CCCCC(=O)Nc1cc2c(cc1Cl)NC(=O)C2. The van der Waals surface area contributed by atoms with Gasteiger partial charge in [-0.25, -0.2) is 0 Å². The minimum atomic E-state index is -0.866. The van der Waals surface area contributed by atoms with Crippen LogP contribution in [-0.4, -0.2) is 22.9 Å². The molecular formula is C14H15ClN2O4. The lowest BCUT2D eigenvalue weighted by Gasteiger charge is -2.09. The summed E-state index contributed by atoms with van der Waals surface area (Å²) in [7, 11) is 0. The van der Waals surface area contributed by atoms with Gasteiger partial charge >= 0.3 is 5.97 Å². The van der Waals surface area contributed by atoms with Crippen molar-refractivity contribution in [3.63, 3.8) is 0 Å². The van der Waals surface area contributed by atoms with Gasteiger partial charge in [0, 0.05) is 18.5 Å². The summed E-state index contributed by atoms with van der Waals surface area (Å²) < 4.78 is 0. The van der Waals surface area contributed by atoms with Gasteiger partial charge in [0.1, 0.15) is 0 Å². The number of carbonyl (C=O) groups is 3. The van der Waals surface area contributed by atoms with E-state index in [0.29, 0.717) is 29.2 Å². The van der Waals surface area contributed by atoms with E-state index < -0.39 is 5.97 Å². The smallest absolute Gasteiger partial charge is 0.303 e. The summed E-state index contributed by atoms with van der Waals surface area (Å²) >= 11 is 6.06. The first-order valence-corrected chi connectivity index (χ1v) is 6.97. The Labute approximate surface area is 126 Å². The van der Waals surface area contributed by atoms with Gasteiger partial charge in [-0.1, -0.05) is 11.6 Å². The third kappa shape index (κ3) is 4.19. The number of halogens is 1. The minimum absolute atomic E-state index is 0.0562. The molecule has 0 saturated carbocycles. The lowest BCUT2D eigenvalue weighted by atomic mass is 10.1. The van der Waals surface area contributed by atoms with Gasteiger partial charge in [-0.3, -0.25) is 14.4 Å². The number of fused-ring (bicyclic) bond motifs is 1. The fraction of sp³-hybridized carbons (Fsp3) is 0.357. The van der Waals surface area contributed by atoms with Gasteiger partial charge in [0.15, 0.2) is 0 Å². The van der Waals surface area contributed by atoms with Gasteiger partial charge in [-0.05, 0) is 30.5 Å².